The molecule has 2 aliphatic rings. The van der Waals surface area contributed by atoms with Gasteiger partial charge in [-0.05, 0) is 32.3 Å². The molecule has 2 atom stereocenters. The van der Waals surface area contributed by atoms with Crippen LogP contribution in [0.4, 0.5) is 0 Å². The molecule has 0 saturated carbocycles. The highest BCUT2D eigenvalue weighted by atomic mass is 16.5. The highest BCUT2D eigenvalue weighted by Gasteiger charge is 2.25. The zero-order valence-electron chi connectivity index (χ0n) is 8.53. The van der Waals surface area contributed by atoms with E-state index >= 15 is 0 Å². The summed E-state index contributed by atoms with van der Waals surface area (Å²) in [7, 11) is 0. The van der Waals surface area contributed by atoms with Gasteiger partial charge < -0.3 is 4.74 Å². The van der Waals surface area contributed by atoms with Gasteiger partial charge in [0.25, 0.3) is 0 Å². The monoisotopic (exact) mass is 192 g/mol. The van der Waals surface area contributed by atoms with Crippen molar-refractivity contribution < 1.29 is 9.53 Å². The van der Waals surface area contributed by atoms with Crippen LogP contribution in [0, 0.1) is 5.92 Å². The molecule has 0 fully saturated rings. The van der Waals surface area contributed by atoms with Gasteiger partial charge in [-0.3, -0.25) is 4.79 Å². The molecule has 0 aromatic carbocycles. The van der Waals surface area contributed by atoms with Crippen LogP contribution in [-0.4, -0.2) is 18.5 Å². The molecule has 0 aromatic heterocycles. The van der Waals surface area contributed by atoms with Crippen molar-refractivity contribution in [1.29, 1.82) is 0 Å². The van der Waals surface area contributed by atoms with Crippen LogP contribution in [-0.2, 0) is 9.53 Å². The van der Waals surface area contributed by atoms with Gasteiger partial charge in [-0.2, -0.15) is 0 Å². The Labute approximate surface area is 84.6 Å². The van der Waals surface area contributed by atoms with Gasteiger partial charge in [0, 0.05) is 5.92 Å². The fourth-order valence-corrected chi connectivity index (χ4v) is 2.20. The van der Waals surface area contributed by atoms with Gasteiger partial charge in [-0.1, -0.05) is 17.7 Å². The van der Waals surface area contributed by atoms with Crippen molar-refractivity contribution in [1.82, 2.24) is 0 Å². The van der Waals surface area contributed by atoms with Crippen molar-refractivity contribution >= 4 is 5.78 Å². The molecular formula is C12H16O2. The molecule has 0 saturated heterocycles. The van der Waals surface area contributed by atoms with Crippen LogP contribution in [0.5, 0.6) is 0 Å². The summed E-state index contributed by atoms with van der Waals surface area (Å²) in [6, 6.07) is 0. The van der Waals surface area contributed by atoms with E-state index in [0.29, 0.717) is 5.92 Å². The van der Waals surface area contributed by atoms with Gasteiger partial charge in [0.2, 0.25) is 0 Å². The minimum Gasteiger partial charge on any atom is -0.365 e. The van der Waals surface area contributed by atoms with E-state index in [1.807, 2.05) is 6.08 Å². The number of hydrogen-bond donors (Lipinski definition) is 0. The van der Waals surface area contributed by atoms with Crippen molar-refractivity contribution in [2.75, 3.05) is 6.61 Å². The van der Waals surface area contributed by atoms with Crippen LogP contribution >= 0.6 is 0 Å². The number of carbonyl (C=O) groups is 1. The Morgan fingerprint density at radius 2 is 2.36 bits per heavy atom. The normalized spacial score (nSPS) is 32.9. The van der Waals surface area contributed by atoms with E-state index in [4.69, 9.17) is 4.74 Å². The van der Waals surface area contributed by atoms with Crippen LogP contribution in [0.2, 0.25) is 0 Å². The molecule has 1 heterocycles. The molecule has 0 amide bonds. The molecule has 0 aromatic rings. The van der Waals surface area contributed by atoms with Crippen molar-refractivity contribution in [3.05, 3.63) is 23.8 Å². The molecule has 0 radical (unpaired) electrons. The van der Waals surface area contributed by atoms with Crippen LogP contribution < -0.4 is 0 Å². The largest absolute Gasteiger partial charge is 0.365 e. The number of hydrogen-bond acceptors (Lipinski definition) is 2. The fraction of sp³-hybridized carbons (Fsp3) is 0.583. The quantitative estimate of drug-likeness (QED) is 0.596. The van der Waals surface area contributed by atoms with Gasteiger partial charge >= 0.3 is 0 Å². The predicted octanol–water partition coefficient (Wildman–Crippen LogP) is 2.26. The maximum Gasteiger partial charge on any atom is 0.181 e. The number of rotatable bonds is 1. The summed E-state index contributed by atoms with van der Waals surface area (Å²) in [6.45, 7) is 2.42. The van der Waals surface area contributed by atoms with Gasteiger partial charge in [-0.15, -0.1) is 0 Å². The summed E-state index contributed by atoms with van der Waals surface area (Å²) in [4.78, 5) is 10.9. The molecule has 2 heteroatoms. The van der Waals surface area contributed by atoms with Gasteiger partial charge in [0.1, 0.15) is 6.61 Å². The molecule has 2 nitrogen and oxygen atoms in total. The minimum atomic E-state index is 0.0821. The summed E-state index contributed by atoms with van der Waals surface area (Å²) in [5.74, 6) is 0.576. The molecule has 2 rings (SSSR count). The molecule has 0 bridgehead atoms. The Balaban J connectivity index is 2.08. The molecule has 14 heavy (non-hydrogen) atoms. The minimum absolute atomic E-state index is 0.0821. The van der Waals surface area contributed by atoms with E-state index in [0.717, 1.165) is 0 Å². The molecule has 1 aliphatic carbocycles. The Morgan fingerprint density at radius 3 is 3.00 bits per heavy atom. The van der Waals surface area contributed by atoms with Gasteiger partial charge in [0.05, 0.1) is 6.10 Å². The lowest BCUT2D eigenvalue weighted by molar-refractivity contribution is -0.122. The topological polar surface area (TPSA) is 26.3 Å². The Hall–Kier alpha value is -0.890. The molecule has 1 aliphatic heterocycles. The third-order valence-corrected chi connectivity index (χ3v) is 3.06. The highest BCUT2D eigenvalue weighted by Crippen LogP contribution is 2.30. The van der Waals surface area contributed by atoms with Crippen LogP contribution in [0.3, 0.4) is 0 Å². The summed E-state index contributed by atoms with van der Waals surface area (Å²) in [5, 5.41) is 0. The second kappa shape index (κ2) is 4.09. The number of carbonyl (C=O) groups excluding carboxylic acids is 1. The van der Waals surface area contributed by atoms with Gasteiger partial charge in [-0.25, -0.2) is 0 Å². The first kappa shape index (κ1) is 9.66. The SMILES string of the molecule is CC1=CCCCC1C1C=CC(=O)CO1. The first-order valence-electron chi connectivity index (χ1n) is 5.26. The van der Waals surface area contributed by atoms with Crippen LogP contribution in [0.15, 0.2) is 23.8 Å². The second-order valence-corrected chi connectivity index (χ2v) is 4.09. The van der Waals surface area contributed by atoms with Crippen molar-refractivity contribution in [3.63, 3.8) is 0 Å². The lowest BCUT2D eigenvalue weighted by Gasteiger charge is -2.29. The predicted molar refractivity (Wildman–Crippen MR) is 55.0 cm³/mol. The second-order valence-electron chi connectivity index (χ2n) is 4.09. The van der Waals surface area contributed by atoms with Crippen LogP contribution in [0.25, 0.3) is 0 Å². The molecule has 0 N–H and O–H groups in total. The zero-order chi connectivity index (χ0) is 9.97. The molecular weight excluding hydrogens is 176 g/mol. The maximum absolute atomic E-state index is 10.9. The van der Waals surface area contributed by atoms with E-state index in [1.54, 1.807) is 6.08 Å². The first-order valence-corrected chi connectivity index (χ1v) is 5.26. The summed E-state index contributed by atoms with van der Waals surface area (Å²) in [5.41, 5.74) is 1.42. The van der Waals surface area contributed by atoms with E-state index in [2.05, 4.69) is 13.0 Å². The van der Waals surface area contributed by atoms with Crippen LogP contribution in [0.1, 0.15) is 26.2 Å². The van der Waals surface area contributed by atoms with Crippen molar-refractivity contribution in [2.45, 2.75) is 32.3 Å². The van der Waals surface area contributed by atoms with E-state index in [1.165, 1.54) is 24.8 Å². The lowest BCUT2D eigenvalue weighted by Crippen LogP contribution is -2.29. The van der Waals surface area contributed by atoms with E-state index in [9.17, 15) is 4.79 Å². The summed E-state index contributed by atoms with van der Waals surface area (Å²) >= 11 is 0. The van der Waals surface area contributed by atoms with Gasteiger partial charge in [0.15, 0.2) is 5.78 Å². The Morgan fingerprint density at radius 1 is 1.50 bits per heavy atom. The smallest absolute Gasteiger partial charge is 0.181 e. The third-order valence-electron chi connectivity index (χ3n) is 3.06. The maximum atomic E-state index is 10.9. The summed E-state index contributed by atoms with van der Waals surface area (Å²) in [6.07, 6.45) is 9.62. The number of allylic oxidation sites excluding steroid dienone is 1. The Bertz CT molecular complexity index is 289. The molecule has 2 unspecified atom stereocenters. The van der Waals surface area contributed by atoms with E-state index in [-0.39, 0.29) is 18.5 Å². The Kier molecular flexibility index (Phi) is 2.82. The number of ether oxygens (including phenoxy) is 1. The fourth-order valence-electron chi connectivity index (χ4n) is 2.20. The standard InChI is InChI=1S/C12H16O2/c1-9-4-2-3-5-11(9)12-7-6-10(13)8-14-12/h4,6-7,11-12H,2-3,5,8H2,1H3. The first-order chi connectivity index (χ1) is 6.77. The molecule has 0 spiro atoms. The number of ketones is 1. The average Bonchev–Trinajstić information content (AvgIpc) is 2.20. The summed E-state index contributed by atoms with van der Waals surface area (Å²) < 4.78 is 5.52. The van der Waals surface area contributed by atoms with Crippen molar-refractivity contribution in [2.24, 2.45) is 5.92 Å². The average molecular weight is 192 g/mol. The zero-order valence-corrected chi connectivity index (χ0v) is 8.53. The van der Waals surface area contributed by atoms with Crippen molar-refractivity contribution in [3.8, 4) is 0 Å². The van der Waals surface area contributed by atoms with E-state index < -0.39 is 0 Å². The molecule has 76 valence electrons. The highest BCUT2D eigenvalue weighted by molar-refractivity contribution is 5.91. The lowest BCUT2D eigenvalue weighted by atomic mass is 9.84. The third kappa shape index (κ3) is 1.95.